The van der Waals surface area contributed by atoms with Crippen molar-refractivity contribution in [2.45, 2.75) is 47.5 Å². The Kier molecular flexibility index (Phi) is 7.21. The minimum atomic E-state index is -4.09. The van der Waals surface area contributed by atoms with Gasteiger partial charge in [0, 0.05) is 17.3 Å². The van der Waals surface area contributed by atoms with Gasteiger partial charge >= 0.3 is 0 Å². The van der Waals surface area contributed by atoms with E-state index in [2.05, 4.69) is 10.3 Å². The minimum absolute atomic E-state index is 0.0180. The zero-order valence-electron chi connectivity index (χ0n) is 20.3. The van der Waals surface area contributed by atoms with Crippen molar-refractivity contribution in [1.29, 1.82) is 0 Å². The first-order valence-electron chi connectivity index (χ1n) is 12.2. The fourth-order valence-electron chi connectivity index (χ4n) is 5.85. The lowest BCUT2D eigenvalue weighted by atomic mass is 9.70. The number of aromatic nitrogens is 1. The molecule has 2 aliphatic rings. The molecule has 12 heteroatoms. The van der Waals surface area contributed by atoms with Crippen molar-refractivity contribution in [3.05, 3.63) is 88.5 Å². The summed E-state index contributed by atoms with van der Waals surface area (Å²) < 4.78 is 67.5. The number of nitrogens with one attached hydrogen (secondary N) is 1. The van der Waals surface area contributed by atoms with Crippen molar-refractivity contribution >= 4 is 33.0 Å². The molecule has 2 aliphatic carbocycles. The first-order valence-corrected chi connectivity index (χ1v) is 14.2. The molecule has 0 saturated heterocycles. The Hall–Kier alpha value is -2.99. The molecule has 1 aromatic heterocycles. The van der Waals surface area contributed by atoms with Gasteiger partial charge in [0.05, 0.1) is 27.1 Å². The van der Waals surface area contributed by atoms with E-state index in [9.17, 15) is 36.6 Å². The van der Waals surface area contributed by atoms with Gasteiger partial charge in [-0.2, -0.15) is 0 Å². The average molecular weight is 581 g/mol. The van der Waals surface area contributed by atoms with Gasteiger partial charge in [0.15, 0.2) is 21.5 Å². The number of nitrogens with zero attached hydrogens (tertiary/aromatic N) is 1. The summed E-state index contributed by atoms with van der Waals surface area (Å²) in [6, 6.07) is 8.95. The first kappa shape index (κ1) is 27.6. The number of fused-ring (bicyclic) bond motifs is 2. The Morgan fingerprint density at radius 1 is 1.03 bits per heavy atom. The molecule has 0 aliphatic heterocycles. The lowest BCUT2D eigenvalue weighted by Crippen LogP contribution is -2.52. The molecule has 2 fully saturated rings. The number of amides is 1. The molecule has 5 atom stereocenters. The molecule has 1 amide bonds. The normalized spacial score (nSPS) is 25.3. The lowest BCUT2D eigenvalue weighted by Gasteiger charge is -2.45. The molecule has 5 rings (SSSR count). The predicted molar refractivity (Wildman–Crippen MR) is 136 cm³/mol. The summed E-state index contributed by atoms with van der Waals surface area (Å²) in [5.41, 5.74) is -1.61. The summed E-state index contributed by atoms with van der Waals surface area (Å²) in [6.45, 7) is 0. The van der Waals surface area contributed by atoms with Crippen LogP contribution in [0.1, 0.15) is 47.8 Å². The Morgan fingerprint density at radius 2 is 1.72 bits per heavy atom. The summed E-state index contributed by atoms with van der Waals surface area (Å²) in [4.78, 5) is 16.4. The molecule has 3 unspecified atom stereocenters. The van der Waals surface area contributed by atoms with E-state index in [4.69, 9.17) is 11.6 Å². The maximum absolute atomic E-state index is 13.7. The van der Waals surface area contributed by atoms with Crippen molar-refractivity contribution < 1.29 is 36.6 Å². The van der Waals surface area contributed by atoms with E-state index in [1.807, 2.05) is 0 Å². The van der Waals surface area contributed by atoms with Gasteiger partial charge in [-0.3, -0.25) is 9.78 Å². The van der Waals surface area contributed by atoms with E-state index >= 15 is 0 Å². The molecular formula is C27H24ClF3N2O5S. The van der Waals surface area contributed by atoms with Gasteiger partial charge in [-0.15, -0.1) is 0 Å². The Balaban J connectivity index is 1.38. The monoisotopic (exact) mass is 580 g/mol. The van der Waals surface area contributed by atoms with Crippen LogP contribution in [-0.2, 0) is 9.84 Å². The summed E-state index contributed by atoms with van der Waals surface area (Å²) in [5, 5.41) is 23.9. The van der Waals surface area contributed by atoms with Crippen molar-refractivity contribution in [1.82, 2.24) is 4.98 Å². The fourth-order valence-corrected chi connectivity index (χ4v) is 8.25. The molecule has 2 saturated carbocycles. The number of benzene rings is 2. The van der Waals surface area contributed by atoms with Crippen LogP contribution >= 0.6 is 11.6 Å². The third-order valence-corrected chi connectivity index (χ3v) is 10.5. The fraction of sp³-hybridized carbons (Fsp3) is 0.333. The summed E-state index contributed by atoms with van der Waals surface area (Å²) in [5.74, 6) is -4.72. The number of aliphatic hydroxyl groups excluding tert-OH is 1. The number of halogens is 4. The Bertz CT molecular complexity index is 1520. The number of hydrogen-bond donors (Lipinski definition) is 3. The number of aliphatic hydroxyl groups is 2. The van der Waals surface area contributed by atoms with Crippen LogP contribution in [-0.4, -0.2) is 40.4 Å². The van der Waals surface area contributed by atoms with Crippen LogP contribution in [0.15, 0.2) is 59.6 Å². The average Bonchev–Trinajstić information content (AvgIpc) is 3.06. The van der Waals surface area contributed by atoms with Crippen molar-refractivity contribution in [2.75, 3.05) is 5.32 Å². The van der Waals surface area contributed by atoms with Gasteiger partial charge in [0.25, 0.3) is 5.91 Å². The van der Waals surface area contributed by atoms with Gasteiger partial charge in [0.2, 0.25) is 0 Å². The molecule has 3 N–H and O–H groups in total. The molecule has 2 aromatic carbocycles. The van der Waals surface area contributed by atoms with Crippen LogP contribution in [0, 0.1) is 29.3 Å². The third-order valence-electron chi connectivity index (χ3n) is 7.85. The molecule has 2 bridgehead atoms. The number of rotatable bonds is 6. The SMILES string of the molecule is O=C(Nc1ccc(F)c(F)c1)c1ccc(Cl)c(S(=O)(=O)C2CC3CC[C@@H](C2)C3(O)[C@H](O)c2ccc(F)cn2)c1. The van der Waals surface area contributed by atoms with Crippen molar-refractivity contribution in [3.8, 4) is 0 Å². The topological polar surface area (TPSA) is 117 Å². The predicted octanol–water partition coefficient (Wildman–Crippen LogP) is 4.83. The van der Waals surface area contributed by atoms with E-state index in [-0.39, 0.29) is 39.7 Å². The highest BCUT2D eigenvalue weighted by Crippen LogP contribution is 2.56. The maximum Gasteiger partial charge on any atom is 0.255 e. The number of carbonyl (C=O) groups is 1. The molecule has 3 aromatic rings. The highest BCUT2D eigenvalue weighted by Gasteiger charge is 2.59. The molecule has 0 radical (unpaired) electrons. The first-order chi connectivity index (χ1) is 18.4. The van der Waals surface area contributed by atoms with E-state index < -0.39 is 62.0 Å². The second kappa shape index (κ2) is 10.2. The third kappa shape index (κ3) is 4.93. The quantitative estimate of drug-likeness (QED) is 0.384. The summed E-state index contributed by atoms with van der Waals surface area (Å²) in [7, 11) is -4.09. The molecular weight excluding hydrogens is 557 g/mol. The number of sulfone groups is 1. The number of hydrogen-bond acceptors (Lipinski definition) is 6. The van der Waals surface area contributed by atoms with E-state index in [1.54, 1.807) is 0 Å². The summed E-state index contributed by atoms with van der Waals surface area (Å²) in [6.07, 6.45) is 0.555. The standard InChI is InChI=1S/C27H24ClF3N2O5S/c28-20-6-1-14(26(35)33-18-5-7-21(30)22(31)12-18)9-24(20)39(37,38)19-10-15-2-3-16(11-19)27(15,36)25(34)23-8-4-17(29)13-32-23/h1,4-9,12-13,15-16,19,25,34,36H,2-3,10-11H2,(H,33,35)/t15-,16?,19?,25+,27?/m0/s1. The van der Waals surface area contributed by atoms with Gasteiger partial charge in [-0.1, -0.05) is 11.6 Å². The zero-order chi connectivity index (χ0) is 28.1. The van der Waals surface area contributed by atoms with E-state index in [1.165, 1.54) is 24.3 Å². The van der Waals surface area contributed by atoms with E-state index in [0.717, 1.165) is 30.5 Å². The maximum atomic E-state index is 13.7. The highest BCUT2D eigenvalue weighted by atomic mass is 35.5. The van der Waals surface area contributed by atoms with Gasteiger partial charge in [0.1, 0.15) is 17.5 Å². The lowest BCUT2D eigenvalue weighted by molar-refractivity contribution is -0.145. The molecule has 7 nitrogen and oxygen atoms in total. The molecule has 1 heterocycles. The minimum Gasteiger partial charge on any atom is -0.386 e. The zero-order valence-corrected chi connectivity index (χ0v) is 21.9. The Morgan fingerprint density at radius 3 is 2.33 bits per heavy atom. The summed E-state index contributed by atoms with van der Waals surface area (Å²) >= 11 is 6.26. The van der Waals surface area contributed by atoms with Crippen LogP contribution in [0.5, 0.6) is 0 Å². The van der Waals surface area contributed by atoms with Crippen LogP contribution < -0.4 is 5.32 Å². The Labute approximate surface area is 227 Å². The second-order valence-electron chi connectivity index (χ2n) is 10.0. The molecule has 39 heavy (non-hydrogen) atoms. The largest absolute Gasteiger partial charge is 0.386 e. The van der Waals surface area contributed by atoms with Gasteiger partial charge in [-0.05, 0) is 80.0 Å². The highest BCUT2D eigenvalue weighted by molar-refractivity contribution is 7.92. The smallest absolute Gasteiger partial charge is 0.255 e. The molecule has 206 valence electrons. The number of pyridine rings is 1. The van der Waals surface area contributed by atoms with Crippen LogP contribution in [0.2, 0.25) is 5.02 Å². The van der Waals surface area contributed by atoms with E-state index in [0.29, 0.717) is 12.8 Å². The van der Waals surface area contributed by atoms with Crippen LogP contribution in [0.3, 0.4) is 0 Å². The molecule has 0 spiro atoms. The van der Waals surface area contributed by atoms with Crippen molar-refractivity contribution in [3.63, 3.8) is 0 Å². The van der Waals surface area contributed by atoms with Crippen LogP contribution in [0.4, 0.5) is 18.9 Å². The second-order valence-corrected chi connectivity index (χ2v) is 12.6. The van der Waals surface area contributed by atoms with Crippen molar-refractivity contribution in [2.24, 2.45) is 11.8 Å². The number of carbonyl (C=O) groups excluding carboxylic acids is 1. The van der Waals surface area contributed by atoms with Gasteiger partial charge < -0.3 is 15.5 Å². The number of anilines is 1. The van der Waals surface area contributed by atoms with Gasteiger partial charge in [-0.25, -0.2) is 21.6 Å². The van der Waals surface area contributed by atoms with Crippen LogP contribution in [0.25, 0.3) is 0 Å².